The van der Waals surface area contributed by atoms with E-state index >= 15 is 0 Å². The van der Waals surface area contributed by atoms with Crippen molar-refractivity contribution in [2.75, 3.05) is 0 Å². The summed E-state index contributed by atoms with van der Waals surface area (Å²) in [4.78, 5) is 14.5. The van der Waals surface area contributed by atoms with Crippen molar-refractivity contribution in [1.82, 2.24) is 0 Å². The van der Waals surface area contributed by atoms with Gasteiger partial charge in [-0.3, -0.25) is 4.79 Å². The summed E-state index contributed by atoms with van der Waals surface area (Å²) in [5.41, 5.74) is 5.57. The average Bonchev–Trinajstić information content (AvgIpc) is 3.07. The molecule has 0 aromatic heterocycles. The van der Waals surface area contributed by atoms with Gasteiger partial charge in [-0.2, -0.15) is 0 Å². The predicted molar refractivity (Wildman–Crippen MR) is 197 cm³/mol. The monoisotopic (exact) mass is 706 g/mol. The highest BCUT2D eigenvalue weighted by atomic mass is 79.9. The third-order valence-electron chi connectivity index (χ3n) is 8.92. The number of carbonyl (C=O) groups is 1. The molecule has 0 saturated heterocycles. The lowest BCUT2D eigenvalue weighted by molar-refractivity contribution is 0.0973. The number of benzene rings is 5. The third kappa shape index (κ3) is 9.10. The molecule has 6 heteroatoms. The Hall–Kier alpha value is -3.97. The van der Waals surface area contributed by atoms with Gasteiger partial charge in [0.2, 0.25) is 0 Å². The van der Waals surface area contributed by atoms with Crippen LogP contribution in [0.2, 0.25) is 18.1 Å². The lowest BCUT2D eigenvalue weighted by atomic mass is 9.82. The molecule has 0 fully saturated rings. The molecule has 0 aliphatic rings. The van der Waals surface area contributed by atoms with E-state index in [0.29, 0.717) is 31.1 Å². The molecular weight excluding hydrogens is 664 g/mol. The maximum Gasteiger partial charge on any atom is 0.192 e. The fourth-order valence-corrected chi connectivity index (χ4v) is 6.26. The normalized spacial score (nSPS) is 12.4. The summed E-state index contributed by atoms with van der Waals surface area (Å²) in [5, 5.41) is 0.0415. The topological polar surface area (TPSA) is 44.8 Å². The molecule has 5 aromatic rings. The summed E-state index contributed by atoms with van der Waals surface area (Å²) >= 11 is 3.57. The first-order valence-corrected chi connectivity index (χ1v) is 19.7. The van der Waals surface area contributed by atoms with Crippen LogP contribution in [0.25, 0.3) is 0 Å². The number of halogens is 1. The predicted octanol–water partition coefficient (Wildman–Crippen LogP) is 11.1. The van der Waals surface area contributed by atoms with Crippen molar-refractivity contribution in [3.8, 4) is 11.5 Å². The van der Waals surface area contributed by atoms with Gasteiger partial charge in [0, 0.05) is 10.0 Å². The molecule has 0 bridgehead atoms. The van der Waals surface area contributed by atoms with Crippen LogP contribution in [-0.4, -0.2) is 14.1 Å². The minimum absolute atomic E-state index is 0.00784. The number of hydrogen-bond acceptors (Lipinski definition) is 4. The molecule has 242 valence electrons. The zero-order chi connectivity index (χ0) is 33.4. The quantitative estimate of drug-likeness (QED) is 0.0903. The summed E-state index contributed by atoms with van der Waals surface area (Å²) in [6.45, 7) is 12.5. The van der Waals surface area contributed by atoms with Crippen molar-refractivity contribution >= 4 is 30.0 Å². The van der Waals surface area contributed by atoms with Crippen LogP contribution < -0.4 is 9.47 Å². The van der Waals surface area contributed by atoms with Crippen molar-refractivity contribution < 1.29 is 18.7 Å². The Morgan fingerprint density at radius 3 is 1.77 bits per heavy atom. The van der Waals surface area contributed by atoms with Crippen LogP contribution in [0.1, 0.15) is 64.9 Å². The van der Waals surface area contributed by atoms with Crippen molar-refractivity contribution in [3.63, 3.8) is 0 Å². The van der Waals surface area contributed by atoms with E-state index < -0.39 is 14.2 Å². The molecule has 0 radical (unpaired) electrons. The van der Waals surface area contributed by atoms with Crippen molar-refractivity contribution in [2.24, 2.45) is 0 Å². The van der Waals surface area contributed by atoms with Gasteiger partial charge in [-0.1, -0.05) is 116 Å². The maximum atomic E-state index is 14.5. The highest BCUT2D eigenvalue weighted by Gasteiger charge is 2.37. The SMILES string of the molecule is CC(C)(C)[Si](C)(C)OCc1cc(OCc2ccccc2)ccc1C(C(=O)c1ccc(OCc2ccccc2)cc1)c1ccc(Br)cc1. The van der Waals surface area contributed by atoms with Crippen LogP contribution in [0.5, 0.6) is 11.5 Å². The van der Waals surface area contributed by atoms with Gasteiger partial charge >= 0.3 is 0 Å². The van der Waals surface area contributed by atoms with Crippen LogP contribution >= 0.6 is 15.9 Å². The molecule has 0 aliphatic carbocycles. The molecular formula is C41H43BrO4Si. The summed E-state index contributed by atoms with van der Waals surface area (Å²) in [6.07, 6.45) is 0. The van der Waals surface area contributed by atoms with E-state index in [4.69, 9.17) is 13.9 Å². The highest BCUT2D eigenvalue weighted by molar-refractivity contribution is 9.10. The van der Waals surface area contributed by atoms with Gasteiger partial charge in [0.15, 0.2) is 14.1 Å². The number of carbonyl (C=O) groups excluding carboxylic acids is 1. The summed E-state index contributed by atoms with van der Waals surface area (Å²) in [5.74, 6) is 0.927. The molecule has 0 N–H and O–H groups in total. The first kappa shape index (κ1) is 34.4. The molecule has 0 aliphatic heterocycles. The van der Waals surface area contributed by atoms with Crippen molar-refractivity contribution in [3.05, 3.63) is 165 Å². The van der Waals surface area contributed by atoms with Crippen LogP contribution in [0.15, 0.2) is 132 Å². The number of ketones is 1. The van der Waals surface area contributed by atoms with E-state index in [1.165, 1.54) is 0 Å². The zero-order valence-electron chi connectivity index (χ0n) is 27.8. The second-order valence-corrected chi connectivity index (χ2v) is 19.1. The summed E-state index contributed by atoms with van der Waals surface area (Å²) in [6, 6.07) is 41.7. The Labute approximate surface area is 289 Å². The standard InChI is InChI=1S/C41H43BrO4Si/c1-41(2,3)47(4,5)46-29-34-26-37(45-28-31-14-10-7-11-15-31)24-25-38(34)39(32-16-20-35(42)21-17-32)40(43)33-18-22-36(23-19-33)44-27-30-12-8-6-9-13-30/h6-26,39H,27-29H2,1-5H3. The fraction of sp³-hybridized carbons (Fsp3) is 0.244. The van der Waals surface area contributed by atoms with Crippen LogP contribution in [0, 0.1) is 0 Å². The summed E-state index contributed by atoms with van der Waals surface area (Å²) in [7, 11) is -2.10. The molecule has 47 heavy (non-hydrogen) atoms. The first-order chi connectivity index (χ1) is 22.5. The van der Waals surface area contributed by atoms with Crippen LogP contribution in [0.3, 0.4) is 0 Å². The van der Waals surface area contributed by atoms with Gasteiger partial charge in [-0.25, -0.2) is 0 Å². The van der Waals surface area contributed by atoms with E-state index in [0.717, 1.165) is 38.0 Å². The smallest absolute Gasteiger partial charge is 0.192 e. The van der Waals surface area contributed by atoms with Gasteiger partial charge in [0.25, 0.3) is 0 Å². The Balaban J connectivity index is 1.48. The van der Waals surface area contributed by atoms with E-state index in [1.807, 2.05) is 115 Å². The van der Waals surface area contributed by atoms with Gasteiger partial charge in [0.05, 0.1) is 12.5 Å². The molecule has 1 unspecified atom stereocenters. The fourth-order valence-electron chi connectivity index (χ4n) is 5.04. The molecule has 0 saturated carbocycles. The van der Waals surface area contributed by atoms with Crippen LogP contribution in [0.4, 0.5) is 0 Å². The second kappa shape index (κ2) is 15.3. The minimum atomic E-state index is -2.10. The Morgan fingerprint density at radius 1 is 0.681 bits per heavy atom. The average molecular weight is 708 g/mol. The minimum Gasteiger partial charge on any atom is -0.489 e. The van der Waals surface area contributed by atoms with Gasteiger partial charge in [0.1, 0.15) is 24.7 Å². The van der Waals surface area contributed by atoms with Crippen molar-refractivity contribution in [1.29, 1.82) is 0 Å². The first-order valence-electron chi connectivity index (χ1n) is 16.0. The maximum absolute atomic E-state index is 14.5. The van der Waals surface area contributed by atoms with Crippen molar-refractivity contribution in [2.45, 2.75) is 64.6 Å². The van der Waals surface area contributed by atoms with E-state index in [1.54, 1.807) is 0 Å². The largest absolute Gasteiger partial charge is 0.489 e. The van der Waals surface area contributed by atoms with Gasteiger partial charge in [-0.15, -0.1) is 0 Å². The lowest BCUT2D eigenvalue weighted by Gasteiger charge is -2.36. The third-order valence-corrected chi connectivity index (χ3v) is 13.9. The molecule has 5 rings (SSSR count). The van der Waals surface area contributed by atoms with Crippen LogP contribution in [-0.2, 0) is 24.2 Å². The molecule has 0 heterocycles. The summed E-state index contributed by atoms with van der Waals surface area (Å²) < 4.78 is 20.0. The Morgan fingerprint density at radius 2 is 1.21 bits per heavy atom. The number of ether oxygens (including phenoxy) is 2. The number of rotatable bonds is 13. The van der Waals surface area contributed by atoms with E-state index in [-0.39, 0.29) is 10.8 Å². The number of hydrogen-bond donors (Lipinski definition) is 0. The van der Waals surface area contributed by atoms with Gasteiger partial charge in [-0.05, 0) is 94.5 Å². The number of Topliss-reactive ketones (excluding diaryl/α,β-unsaturated/α-hetero) is 1. The zero-order valence-corrected chi connectivity index (χ0v) is 30.4. The Bertz CT molecular complexity index is 1750. The van der Waals surface area contributed by atoms with E-state index in [9.17, 15) is 4.79 Å². The molecule has 1 atom stereocenters. The molecule has 0 spiro atoms. The highest BCUT2D eigenvalue weighted by Crippen LogP contribution is 2.39. The second-order valence-electron chi connectivity index (χ2n) is 13.3. The van der Waals surface area contributed by atoms with E-state index in [2.05, 4.69) is 61.9 Å². The lowest BCUT2D eigenvalue weighted by Crippen LogP contribution is -2.40. The molecule has 5 aromatic carbocycles. The molecule has 4 nitrogen and oxygen atoms in total. The van der Waals surface area contributed by atoms with Gasteiger partial charge < -0.3 is 13.9 Å². The molecule has 0 amide bonds. The Kier molecular flexibility index (Phi) is 11.2.